The third kappa shape index (κ3) is 3.33. The molecule has 30 heavy (non-hydrogen) atoms. The molecule has 1 aromatic carbocycles. The lowest BCUT2D eigenvalue weighted by molar-refractivity contribution is 0.588. The molecule has 0 saturated carbocycles. The quantitative estimate of drug-likeness (QED) is 0.493. The number of hydrogen-bond donors (Lipinski definition) is 1. The van der Waals surface area contributed by atoms with E-state index < -0.39 is 15.8 Å². The number of nitrogen functional groups attached to an aromatic ring is 1. The molecule has 0 saturated heterocycles. The Morgan fingerprint density at radius 2 is 1.93 bits per heavy atom. The molecule has 0 unspecified atom stereocenters. The van der Waals surface area contributed by atoms with Crippen LogP contribution in [0.25, 0.3) is 22.4 Å². The van der Waals surface area contributed by atoms with E-state index in [1.807, 2.05) is 6.92 Å². The summed E-state index contributed by atoms with van der Waals surface area (Å²) < 4.78 is 41.5. The Morgan fingerprint density at radius 3 is 2.60 bits per heavy atom. The number of aromatic nitrogens is 4. The molecule has 0 fully saturated rings. The first-order chi connectivity index (χ1) is 14.3. The van der Waals surface area contributed by atoms with E-state index in [0.717, 1.165) is 15.7 Å². The van der Waals surface area contributed by atoms with E-state index >= 15 is 0 Å². The van der Waals surface area contributed by atoms with E-state index in [1.54, 1.807) is 24.4 Å². The first kappa shape index (κ1) is 19.7. The molecule has 0 bridgehead atoms. The van der Waals surface area contributed by atoms with Gasteiger partial charge in [0.1, 0.15) is 11.6 Å². The minimum absolute atomic E-state index is 0.0734. The van der Waals surface area contributed by atoms with Gasteiger partial charge in [-0.1, -0.05) is 23.8 Å². The first-order valence-electron chi connectivity index (χ1n) is 9.03. The molecule has 4 rings (SSSR count). The van der Waals surface area contributed by atoms with Crippen molar-refractivity contribution in [1.82, 2.24) is 18.9 Å². The van der Waals surface area contributed by atoms with Crippen molar-refractivity contribution in [1.29, 1.82) is 0 Å². The molecule has 0 atom stereocenters. The van der Waals surface area contributed by atoms with Gasteiger partial charge in [-0.15, -0.1) is 6.58 Å². The topological polar surface area (TPSA) is 104 Å². The van der Waals surface area contributed by atoms with Gasteiger partial charge in [0, 0.05) is 28.9 Å². The Labute approximate surface area is 172 Å². The van der Waals surface area contributed by atoms with Crippen LogP contribution in [0.3, 0.4) is 0 Å². The molecule has 3 heterocycles. The molecule has 0 aliphatic carbocycles. The number of nitrogens with zero attached hydrogens (tertiary/aromatic N) is 4. The van der Waals surface area contributed by atoms with Crippen LogP contribution in [0, 0.1) is 12.7 Å². The van der Waals surface area contributed by atoms with Crippen molar-refractivity contribution in [2.45, 2.75) is 18.2 Å². The van der Waals surface area contributed by atoms with Crippen LogP contribution < -0.4 is 5.73 Å². The van der Waals surface area contributed by atoms with Gasteiger partial charge in [-0.2, -0.15) is 0 Å². The van der Waals surface area contributed by atoms with Crippen molar-refractivity contribution in [3.05, 3.63) is 78.5 Å². The highest BCUT2D eigenvalue weighted by Gasteiger charge is 2.24. The van der Waals surface area contributed by atoms with Gasteiger partial charge in [-0.05, 0) is 31.5 Å². The normalized spacial score (nSPS) is 11.7. The molecule has 4 aromatic rings. The Morgan fingerprint density at radius 1 is 1.20 bits per heavy atom. The van der Waals surface area contributed by atoms with E-state index in [4.69, 9.17) is 5.73 Å². The molecule has 0 spiro atoms. The highest BCUT2D eigenvalue weighted by atomic mass is 32.2. The van der Waals surface area contributed by atoms with Gasteiger partial charge in [-0.3, -0.25) is 0 Å². The zero-order valence-electron chi connectivity index (χ0n) is 16.1. The molecule has 152 valence electrons. The summed E-state index contributed by atoms with van der Waals surface area (Å²) in [6.07, 6.45) is 6.02. The molecular formula is C21H18FN5O2S. The van der Waals surface area contributed by atoms with Gasteiger partial charge in [0.25, 0.3) is 10.0 Å². The molecule has 0 radical (unpaired) electrons. The van der Waals surface area contributed by atoms with Crippen LogP contribution in [-0.2, 0) is 16.4 Å². The number of benzene rings is 1. The summed E-state index contributed by atoms with van der Waals surface area (Å²) in [7, 11) is -3.98. The van der Waals surface area contributed by atoms with Crippen LogP contribution in [0.15, 0.2) is 66.5 Å². The number of aryl methyl sites for hydroxylation is 1. The van der Waals surface area contributed by atoms with Crippen LogP contribution in [0.2, 0.25) is 0 Å². The maximum Gasteiger partial charge on any atom is 0.269 e. The summed E-state index contributed by atoms with van der Waals surface area (Å²) in [5.41, 5.74) is 8.00. The Balaban J connectivity index is 1.95. The second-order valence-electron chi connectivity index (χ2n) is 6.78. The highest BCUT2D eigenvalue weighted by molar-refractivity contribution is 7.90. The minimum atomic E-state index is -3.98. The predicted octanol–water partition coefficient (Wildman–Crippen LogP) is 3.49. The smallest absolute Gasteiger partial charge is 0.269 e. The fourth-order valence-corrected chi connectivity index (χ4v) is 4.43. The van der Waals surface area contributed by atoms with Crippen molar-refractivity contribution >= 4 is 26.9 Å². The zero-order valence-corrected chi connectivity index (χ0v) is 16.9. The van der Waals surface area contributed by atoms with Crippen LogP contribution in [0.4, 0.5) is 10.2 Å². The van der Waals surface area contributed by atoms with Crippen molar-refractivity contribution in [2.75, 3.05) is 5.73 Å². The van der Waals surface area contributed by atoms with Gasteiger partial charge in [0.05, 0.1) is 11.1 Å². The van der Waals surface area contributed by atoms with Crippen LogP contribution in [-0.4, -0.2) is 27.3 Å². The number of fused-ring (bicyclic) bond motifs is 1. The maximum absolute atomic E-state index is 14.0. The van der Waals surface area contributed by atoms with Crippen molar-refractivity contribution in [3.8, 4) is 11.4 Å². The SMILES string of the molecule is C=CCc1cnc(-c2cn(S(=O)(=O)c3ccc(C)cc3)c3ncc(F)cc23)nc1N. The number of allylic oxidation sites excluding steroid dienone is 1. The van der Waals surface area contributed by atoms with Gasteiger partial charge in [0.15, 0.2) is 11.5 Å². The third-order valence-electron chi connectivity index (χ3n) is 4.66. The fourth-order valence-electron chi connectivity index (χ4n) is 3.10. The Kier molecular flexibility index (Phi) is 4.83. The fraction of sp³-hybridized carbons (Fsp3) is 0.0952. The zero-order chi connectivity index (χ0) is 21.5. The van der Waals surface area contributed by atoms with Crippen molar-refractivity contribution < 1.29 is 12.8 Å². The van der Waals surface area contributed by atoms with Gasteiger partial charge in [0.2, 0.25) is 0 Å². The molecular weight excluding hydrogens is 405 g/mol. The van der Waals surface area contributed by atoms with Crippen LogP contribution in [0.1, 0.15) is 11.1 Å². The molecule has 0 amide bonds. The second kappa shape index (κ2) is 7.34. The lowest BCUT2D eigenvalue weighted by atomic mass is 10.2. The van der Waals surface area contributed by atoms with E-state index in [2.05, 4.69) is 21.5 Å². The summed E-state index contributed by atoms with van der Waals surface area (Å²) in [6, 6.07) is 7.63. The van der Waals surface area contributed by atoms with Crippen LogP contribution in [0.5, 0.6) is 0 Å². The van der Waals surface area contributed by atoms with E-state index in [9.17, 15) is 12.8 Å². The number of halogens is 1. The standard InChI is InChI=1S/C21H18FN5O2S/c1-3-4-14-10-24-20(26-19(14)23)18-12-27(21-17(18)9-15(22)11-25-21)30(28,29)16-7-5-13(2)6-8-16/h3,5-12H,1,4H2,2H3,(H2,23,24,26). The lowest BCUT2D eigenvalue weighted by Crippen LogP contribution is -2.12. The highest BCUT2D eigenvalue weighted by Crippen LogP contribution is 2.31. The van der Waals surface area contributed by atoms with Crippen molar-refractivity contribution in [2.24, 2.45) is 0 Å². The Bertz CT molecular complexity index is 1380. The number of anilines is 1. The maximum atomic E-state index is 14.0. The number of rotatable bonds is 5. The molecule has 9 heteroatoms. The molecule has 7 nitrogen and oxygen atoms in total. The van der Waals surface area contributed by atoms with Crippen molar-refractivity contribution in [3.63, 3.8) is 0 Å². The predicted molar refractivity (Wildman–Crippen MR) is 113 cm³/mol. The number of pyridine rings is 1. The average molecular weight is 423 g/mol. The molecule has 0 aliphatic heterocycles. The summed E-state index contributed by atoms with van der Waals surface area (Å²) in [6.45, 7) is 5.52. The van der Waals surface area contributed by atoms with E-state index in [1.165, 1.54) is 24.4 Å². The van der Waals surface area contributed by atoms with Gasteiger partial charge < -0.3 is 5.73 Å². The molecule has 0 aliphatic rings. The van der Waals surface area contributed by atoms with E-state index in [0.29, 0.717) is 17.5 Å². The number of hydrogen-bond acceptors (Lipinski definition) is 6. The summed E-state index contributed by atoms with van der Waals surface area (Å²) in [5.74, 6) is -0.187. The summed E-state index contributed by atoms with van der Waals surface area (Å²) in [5, 5.41) is 0.265. The monoisotopic (exact) mass is 423 g/mol. The molecule has 2 N–H and O–H groups in total. The second-order valence-corrected chi connectivity index (χ2v) is 8.59. The summed E-state index contributed by atoms with van der Waals surface area (Å²) >= 11 is 0. The first-order valence-corrected chi connectivity index (χ1v) is 10.5. The minimum Gasteiger partial charge on any atom is -0.383 e. The molecule has 3 aromatic heterocycles. The van der Waals surface area contributed by atoms with Crippen LogP contribution >= 0.6 is 0 Å². The average Bonchev–Trinajstić information content (AvgIpc) is 3.09. The van der Waals surface area contributed by atoms with Gasteiger partial charge in [-0.25, -0.2) is 31.7 Å². The number of nitrogens with two attached hydrogens (primary N) is 1. The largest absolute Gasteiger partial charge is 0.383 e. The van der Waals surface area contributed by atoms with E-state index in [-0.39, 0.29) is 27.6 Å². The third-order valence-corrected chi connectivity index (χ3v) is 6.32. The summed E-state index contributed by atoms with van der Waals surface area (Å²) in [4.78, 5) is 12.7. The Hall–Kier alpha value is -3.59. The van der Waals surface area contributed by atoms with Gasteiger partial charge >= 0.3 is 0 Å². The lowest BCUT2D eigenvalue weighted by Gasteiger charge is -2.07.